The highest BCUT2D eigenvalue weighted by atomic mass is 35.5. The molecule has 0 aliphatic rings. The number of amides is 1. The van der Waals surface area contributed by atoms with E-state index in [1.807, 2.05) is 66.1 Å². The number of carbonyl (C=O) groups excluding carboxylic acids is 1. The molecular formula is C25H20ClN5O2S2. The highest BCUT2D eigenvalue weighted by Gasteiger charge is 2.19. The van der Waals surface area contributed by atoms with Gasteiger partial charge in [-0.15, -0.1) is 21.5 Å². The van der Waals surface area contributed by atoms with Gasteiger partial charge in [-0.2, -0.15) is 0 Å². The maximum absolute atomic E-state index is 12.7. The smallest absolute Gasteiger partial charge is 0.236 e. The molecule has 35 heavy (non-hydrogen) atoms. The van der Waals surface area contributed by atoms with Crippen LogP contribution in [0.25, 0.3) is 17.3 Å². The van der Waals surface area contributed by atoms with Gasteiger partial charge in [-0.05, 0) is 48.9 Å². The van der Waals surface area contributed by atoms with Crippen molar-refractivity contribution in [1.82, 2.24) is 19.7 Å². The van der Waals surface area contributed by atoms with E-state index in [0.29, 0.717) is 33.3 Å². The summed E-state index contributed by atoms with van der Waals surface area (Å²) in [5.41, 5.74) is 3.13. The number of carbonyl (C=O) groups is 1. The molecule has 0 radical (unpaired) electrons. The van der Waals surface area contributed by atoms with Crippen molar-refractivity contribution in [2.75, 3.05) is 11.1 Å². The molecule has 1 N–H and O–H groups in total. The number of aromatic nitrogens is 4. The van der Waals surface area contributed by atoms with Gasteiger partial charge in [0.2, 0.25) is 11.7 Å². The van der Waals surface area contributed by atoms with Gasteiger partial charge in [0, 0.05) is 28.2 Å². The van der Waals surface area contributed by atoms with E-state index in [0.717, 1.165) is 21.7 Å². The van der Waals surface area contributed by atoms with Gasteiger partial charge in [0.15, 0.2) is 16.0 Å². The number of nitrogens with one attached hydrogen (secondary N) is 1. The van der Waals surface area contributed by atoms with Gasteiger partial charge in [0.05, 0.1) is 12.0 Å². The second-order valence-corrected chi connectivity index (χ2v) is 10.2. The Morgan fingerprint density at radius 2 is 2.00 bits per heavy atom. The lowest BCUT2D eigenvalue weighted by atomic mass is 10.1. The van der Waals surface area contributed by atoms with Crippen LogP contribution in [0.15, 0.2) is 82.7 Å². The molecule has 3 heterocycles. The molecule has 0 aliphatic heterocycles. The summed E-state index contributed by atoms with van der Waals surface area (Å²) < 4.78 is 7.44. The van der Waals surface area contributed by atoms with Crippen molar-refractivity contribution >= 4 is 45.7 Å². The number of hydrogen-bond donors (Lipinski definition) is 1. The van der Waals surface area contributed by atoms with Crippen molar-refractivity contribution in [1.29, 1.82) is 0 Å². The highest BCUT2D eigenvalue weighted by molar-refractivity contribution is 7.99. The number of halogens is 1. The number of aryl methyl sites for hydroxylation is 1. The average Bonchev–Trinajstić information content (AvgIpc) is 3.60. The number of benzene rings is 2. The number of thioether (sulfide) groups is 1. The number of nitrogens with zero attached hydrogens (tertiary/aromatic N) is 4. The lowest BCUT2D eigenvalue weighted by molar-refractivity contribution is -0.113. The van der Waals surface area contributed by atoms with Crippen molar-refractivity contribution in [3.05, 3.63) is 94.2 Å². The standard InChI is InChI=1S/C25H20ClN5O2S2/c1-16-7-9-19(10-8-16)31-23(21-6-3-11-33-21)29-30-25(31)34-15-22(32)28-24-27-14-20(35-24)13-17-4-2-5-18(26)12-17/h2-12,14H,13,15H2,1H3,(H,27,28,32). The fraction of sp³-hybridized carbons (Fsp3) is 0.120. The molecule has 5 aromatic rings. The van der Waals surface area contributed by atoms with Crippen LogP contribution in [0.2, 0.25) is 5.02 Å². The molecule has 0 atom stereocenters. The Labute approximate surface area is 215 Å². The summed E-state index contributed by atoms with van der Waals surface area (Å²) in [5, 5.41) is 13.4. The molecule has 0 saturated carbocycles. The zero-order chi connectivity index (χ0) is 24.2. The maximum Gasteiger partial charge on any atom is 0.236 e. The lowest BCUT2D eigenvalue weighted by Crippen LogP contribution is -2.14. The molecule has 5 rings (SSSR count). The average molecular weight is 522 g/mol. The largest absolute Gasteiger partial charge is 0.461 e. The SMILES string of the molecule is Cc1ccc(-n2c(SCC(=O)Nc3ncc(Cc4cccc(Cl)c4)s3)nnc2-c2ccco2)cc1. The summed E-state index contributed by atoms with van der Waals surface area (Å²) in [6.45, 7) is 2.03. The molecular weight excluding hydrogens is 502 g/mol. The Morgan fingerprint density at radius 1 is 1.14 bits per heavy atom. The van der Waals surface area contributed by atoms with Gasteiger partial charge in [-0.1, -0.05) is 53.2 Å². The number of furan rings is 1. The van der Waals surface area contributed by atoms with Gasteiger partial charge in [-0.25, -0.2) is 4.98 Å². The first-order valence-corrected chi connectivity index (χ1v) is 12.9. The molecule has 1 amide bonds. The molecule has 176 valence electrons. The summed E-state index contributed by atoms with van der Waals surface area (Å²) >= 11 is 8.82. The van der Waals surface area contributed by atoms with E-state index in [1.165, 1.54) is 23.1 Å². The summed E-state index contributed by atoms with van der Waals surface area (Å²) in [5.74, 6) is 1.17. The molecule has 10 heteroatoms. The predicted molar refractivity (Wildman–Crippen MR) is 140 cm³/mol. The number of rotatable bonds is 8. The summed E-state index contributed by atoms with van der Waals surface area (Å²) in [6.07, 6.45) is 4.08. The predicted octanol–water partition coefficient (Wildman–Crippen LogP) is 6.27. The van der Waals surface area contributed by atoms with Crippen molar-refractivity contribution in [3.63, 3.8) is 0 Å². The number of hydrogen-bond acceptors (Lipinski definition) is 7. The van der Waals surface area contributed by atoms with Crippen molar-refractivity contribution in [2.45, 2.75) is 18.5 Å². The molecule has 0 aliphatic carbocycles. The first-order chi connectivity index (χ1) is 17.0. The van der Waals surface area contributed by atoms with E-state index in [9.17, 15) is 4.79 Å². The molecule has 0 fully saturated rings. The van der Waals surface area contributed by atoms with Gasteiger partial charge < -0.3 is 9.73 Å². The normalized spacial score (nSPS) is 11.0. The Bertz CT molecular complexity index is 1450. The maximum atomic E-state index is 12.7. The third kappa shape index (κ3) is 5.64. The Balaban J connectivity index is 1.27. The molecule has 0 unspecified atom stereocenters. The summed E-state index contributed by atoms with van der Waals surface area (Å²) in [4.78, 5) is 18.0. The zero-order valence-corrected chi connectivity index (χ0v) is 21.0. The first kappa shape index (κ1) is 23.3. The van der Waals surface area contributed by atoms with Crippen molar-refractivity contribution in [2.24, 2.45) is 0 Å². The van der Waals surface area contributed by atoms with E-state index in [2.05, 4.69) is 20.5 Å². The monoisotopic (exact) mass is 521 g/mol. The Hall–Kier alpha value is -3.40. The van der Waals surface area contributed by atoms with E-state index in [-0.39, 0.29) is 11.7 Å². The van der Waals surface area contributed by atoms with Crippen LogP contribution in [0.5, 0.6) is 0 Å². The second kappa shape index (κ2) is 10.5. The fourth-order valence-electron chi connectivity index (χ4n) is 3.44. The van der Waals surface area contributed by atoms with E-state index < -0.39 is 0 Å². The number of anilines is 1. The molecule has 3 aromatic heterocycles. The molecule has 0 bridgehead atoms. The van der Waals surface area contributed by atoms with Crippen LogP contribution in [-0.4, -0.2) is 31.4 Å². The fourth-order valence-corrected chi connectivity index (χ4v) is 5.26. The molecule has 0 saturated heterocycles. The minimum absolute atomic E-state index is 0.158. The summed E-state index contributed by atoms with van der Waals surface area (Å²) in [6, 6.07) is 19.4. The minimum Gasteiger partial charge on any atom is -0.461 e. The third-order valence-corrected chi connectivity index (χ3v) is 7.14. The van der Waals surface area contributed by atoms with Gasteiger partial charge in [0.25, 0.3) is 0 Å². The molecule has 2 aromatic carbocycles. The Morgan fingerprint density at radius 3 is 2.77 bits per heavy atom. The summed E-state index contributed by atoms with van der Waals surface area (Å²) in [7, 11) is 0. The van der Waals surface area contributed by atoms with Crippen LogP contribution in [-0.2, 0) is 11.2 Å². The van der Waals surface area contributed by atoms with Crippen LogP contribution in [0.1, 0.15) is 16.0 Å². The van der Waals surface area contributed by atoms with E-state index in [1.54, 1.807) is 18.5 Å². The van der Waals surface area contributed by atoms with E-state index >= 15 is 0 Å². The Kier molecular flexibility index (Phi) is 6.98. The van der Waals surface area contributed by atoms with Crippen LogP contribution in [0.3, 0.4) is 0 Å². The zero-order valence-electron chi connectivity index (χ0n) is 18.6. The lowest BCUT2D eigenvalue weighted by Gasteiger charge is -2.09. The quantitative estimate of drug-likeness (QED) is 0.242. The third-order valence-electron chi connectivity index (χ3n) is 5.07. The minimum atomic E-state index is -0.170. The highest BCUT2D eigenvalue weighted by Crippen LogP contribution is 2.29. The van der Waals surface area contributed by atoms with E-state index in [4.69, 9.17) is 16.0 Å². The first-order valence-electron chi connectivity index (χ1n) is 10.7. The molecule has 7 nitrogen and oxygen atoms in total. The van der Waals surface area contributed by atoms with Gasteiger partial charge >= 0.3 is 0 Å². The second-order valence-electron chi connectivity index (χ2n) is 7.73. The number of thiazole rings is 1. The van der Waals surface area contributed by atoms with Crippen LogP contribution in [0, 0.1) is 6.92 Å². The van der Waals surface area contributed by atoms with Gasteiger partial charge in [-0.3, -0.25) is 9.36 Å². The van der Waals surface area contributed by atoms with Crippen LogP contribution in [0.4, 0.5) is 5.13 Å². The van der Waals surface area contributed by atoms with Crippen LogP contribution >= 0.6 is 34.7 Å². The van der Waals surface area contributed by atoms with Crippen molar-refractivity contribution in [3.8, 4) is 17.3 Å². The topological polar surface area (TPSA) is 85.8 Å². The van der Waals surface area contributed by atoms with Crippen molar-refractivity contribution < 1.29 is 9.21 Å². The van der Waals surface area contributed by atoms with Gasteiger partial charge in [0.1, 0.15) is 0 Å². The molecule has 0 spiro atoms. The van der Waals surface area contributed by atoms with Crippen LogP contribution < -0.4 is 5.32 Å².